The van der Waals surface area contributed by atoms with Gasteiger partial charge in [-0.25, -0.2) is 0 Å². The smallest absolute Gasteiger partial charge is 0.130 e. The van der Waals surface area contributed by atoms with Crippen molar-refractivity contribution in [3.05, 3.63) is 58.9 Å². The predicted octanol–water partition coefficient (Wildman–Crippen LogP) is 2.81. The summed E-state index contributed by atoms with van der Waals surface area (Å²) >= 11 is 5.96. The first-order valence-corrected chi connectivity index (χ1v) is 5.60. The summed E-state index contributed by atoms with van der Waals surface area (Å²) < 4.78 is 5.59. The molecule has 4 heteroatoms. The van der Waals surface area contributed by atoms with Gasteiger partial charge in [0.05, 0.1) is 12.3 Å². The number of hydrogen-bond donors (Lipinski definition) is 1. The molecular formula is C13H12ClNO2. The quantitative estimate of drug-likeness (QED) is 0.906. The van der Waals surface area contributed by atoms with Crippen molar-refractivity contribution in [1.82, 2.24) is 4.98 Å². The highest BCUT2D eigenvalue weighted by Gasteiger charge is 2.07. The molecule has 0 atom stereocenters. The number of aliphatic hydroxyl groups excluding tert-OH is 1. The molecule has 0 aliphatic carbocycles. The minimum Gasteiger partial charge on any atom is -0.487 e. The summed E-state index contributed by atoms with van der Waals surface area (Å²) in [7, 11) is 0. The van der Waals surface area contributed by atoms with Crippen molar-refractivity contribution in [3.63, 3.8) is 0 Å². The van der Waals surface area contributed by atoms with Crippen LogP contribution >= 0.6 is 11.6 Å². The van der Waals surface area contributed by atoms with Crippen LogP contribution in [0, 0.1) is 0 Å². The normalized spacial score (nSPS) is 10.2. The molecular weight excluding hydrogens is 238 g/mol. The second kappa shape index (κ2) is 5.66. The van der Waals surface area contributed by atoms with Crippen LogP contribution < -0.4 is 4.74 Å². The molecule has 0 aliphatic heterocycles. The molecule has 0 radical (unpaired) electrons. The average Bonchev–Trinajstić information content (AvgIpc) is 2.37. The van der Waals surface area contributed by atoms with Crippen LogP contribution in [0.1, 0.15) is 11.3 Å². The van der Waals surface area contributed by atoms with Crippen molar-refractivity contribution in [1.29, 1.82) is 0 Å². The molecule has 0 fully saturated rings. The van der Waals surface area contributed by atoms with E-state index in [1.807, 2.05) is 18.2 Å². The van der Waals surface area contributed by atoms with Gasteiger partial charge in [0, 0.05) is 16.8 Å². The van der Waals surface area contributed by atoms with E-state index in [9.17, 15) is 5.11 Å². The van der Waals surface area contributed by atoms with Gasteiger partial charge in [-0.15, -0.1) is 0 Å². The van der Waals surface area contributed by atoms with Crippen molar-refractivity contribution in [2.45, 2.75) is 13.2 Å². The Morgan fingerprint density at radius 3 is 2.76 bits per heavy atom. The lowest BCUT2D eigenvalue weighted by Gasteiger charge is -2.10. The summed E-state index contributed by atoms with van der Waals surface area (Å²) in [6.07, 6.45) is 1.71. The van der Waals surface area contributed by atoms with Crippen molar-refractivity contribution >= 4 is 11.6 Å². The fourth-order valence-corrected chi connectivity index (χ4v) is 1.69. The molecule has 0 saturated carbocycles. The van der Waals surface area contributed by atoms with Crippen LogP contribution in [0.5, 0.6) is 5.75 Å². The number of rotatable bonds is 4. The third-order valence-corrected chi connectivity index (χ3v) is 2.69. The standard InChI is InChI=1S/C13H12ClNO2/c14-12-5-3-6-13(11(12)8-16)17-9-10-4-1-2-7-15-10/h1-7,16H,8-9H2. The molecule has 3 nitrogen and oxygen atoms in total. The predicted molar refractivity (Wildman–Crippen MR) is 65.9 cm³/mol. The summed E-state index contributed by atoms with van der Waals surface area (Å²) in [6, 6.07) is 10.9. The Labute approximate surface area is 105 Å². The Hall–Kier alpha value is -1.58. The van der Waals surface area contributed by atoms with Crippen molar-refractivity contribution in [2.24, 2.45) is 0 Å². The number of halogens is 1. The first-order valence-electron chi connectivity index (χ1n) is 5.22. The van der Waals surface area contributed by atoms with Crippen molar-refractivity contribution in [2.75, 3.05) is 0 Å². The summed E-state index contributed by atoms with van der Waals surface area (Å²) in [4.78, 5) is 4.15. The summed E-state index contributed by atoms with van der Waals surface area (Å²) in [5.74, 6) is 0.589. The summed E-state index contributed by atoms with van der Waals surface area (Å²) in [5, 5.41) is 9.72. The van der Waals surface area contributed by atoms with Crippen LogP contribution in [0.15, 0.2) is 42.6 Å². The monoisotopic (exact) mass is 249 g/mol. The SMILES string of the molecule is OCc1c(Cl)cccc1OCc1ccccn1. The van der Waals surface area contributed by atoms with E-state index in [0.29, 0.717) is 22.9 Å². The maximum absolute atomic E-state index is 9.22. The Balaban J connectivity index is 2.12. The van der Waals surface area contributed by atoms with Crippen LogP contribution in [-0.4, -0.2) is 10.1 Å². The van der Waals surface area contributed by atoms with Crippen molar-refractivity contribution < 1.29 is 9.84 Å². The van der Waals surface area contributed by atoms with Gasteiger partial charge in [-0.05, 0) is 24.3 Å². The lowest BCUT2D eigenvalue weighted by molar-refractivity contribution is 0.257. The average molecular weight is 250 g/mol. The van der Waals surface area contributed by atoms with Gasteiger partial charge >= 0.3 is 0 Å². The first kappa shape index (κ1) is 11.9. The highest BCUT2D eigenvalue weighted by Crippen LogP contribution is 2.26. The van der Waals surface area contributed by atoms with Crippen LogP contribution in [0.2, 0.25) is 5.02 Å². The zero-order valence-electron chi connectivity index (χ0n) is 9.14. The molecule has 1 heterocycles. The molecule has 1 aromatic heterocycles. The summed E-state index contributed by atoms with van der Waals surface area (Å²) in [6.45, 7) is 0.214. The summed E-state index contributed by atoms with van der Waals surface area (Å²) in [5.41, 5.74) is 1.43. The van der Waals surface area contributed by atoms with E-state index < -0.39 is 0 Å². The van der Waals surface area contributed by atoms with Gasteiger partial charge in [-0.2, -0.15) is 0 Å². The molecule has 0 aliphatic rings. The lowest BCUT2D eigenvalue weighted by Crippen LogP contribution is -2.00. The number of nitrogens with zero attached hydrogens (tertiary/aromatic N) is 1. The number of hydrogen-bond acceptors (Lipinski definition) is 3. The largest absolute Gasteiger partial charge is 0.487 e. The number of ether oxygens (including phenoxy) is 1. The maximum Gasteiger partial charge on any atom is 0.130 e. The molecule has 0 amide bonds. The van der Waals surface area contributed by atoms with Gasteiger partial charge in [0.1, 0.15) is 12.4 Å². The molecule has 0 spiro atoms. The number of benzene rings is 1. The Morgan fingerprint density at radius 1 is 1.18 bits per heavy atom. The number of aliphatic hydroxyl groups is 1. The topological polar surface area (TPSA) is 42.4 Å². The minimum atomic E-state index is -0.142. The molecule has 0 bridgehead atoms. The van der Waals surface area contributed by atoms with Crippen LogP contribution in [-0.2, 0) is 13.2 Å². The first-order chi connectivity index (χ1) is 8.31. The van der Waals surface area contributed by atoms with Crippen molar-refractivity contribution in [3.8, 4) is 5.75 Å². The highest BCUT2D eigenvalue weighted by atomic mass is 35.5. The second-order valence-corrected chi connectivity index (χ2v) is 3.89. The molecule has 2 rings (SSSR count). The van der Waals surface area contributed by atoms with Gasteiger partial charge in [-0.1, -0.05) is 23.7 Å². The molecule has 0 unspecified atom stereocenters. The van der Waals surface area contributed by atoms with Crippen LogP contribution in [0.4, 0.5) is 0 Å². The van der Waals surface area contributed by atoms with Gasteiger partial charge in [-0.3, -0.25) is 4.98 Å². The zero-order valence-corrected chi connectivity index (χ0v) is 9.89. The second-order valence-electron chi connectivity index (χ2n) is 3.48. The van der Waals surface area contributed by atoms with E-state index in [2.05, 4.69) is 4.98 Å². The van der Waals surface area contributed by atoms with E-state index in [1.54, 1.807) is 24.4 Å². The van der Waals surface area contributed by atoms with E-state index in [4.69, 9.17) is 16.3 Å². The lowest BCUT2D eigenvalue weighted by atomic mass is 10.2. The minimum absolute atomic E-state index is 0.142. The number of aromatic nitrogens is 1. The Bertz CT molecular complexity index is 488. The molecule has 0 saturated heterocycles. The molecule has 1 aromatic carbocycles. The zero-order chi connectivity index (χ0) is 12.1. The van der Waals surface area contributed by atoms with Gasteiger partial charge in [0.2, 0.25) is 0 Å². The van der Waals surface area contributed by atoms with E-state index in [-0.39, 0.29) is 6.61 Å². The fourth-order valence-electron chi connectivity index (χ4n) is 1.46. The van der Waals surface area contributed by atoms with Gasteiger partial charge in [0.15, 0.2) is 0 Å². The van der Waals surface area contributed by atoms with Crippen LogP contribution in [0.3, 0.4) is 0 Å². The molecule has 88 valence electrons. The Kier molecular flexibility index (Phi) is 3.96. The van der Waals surface area contributed by atoms with Gasteiger partial charge in [0.25, 0.3) is 0 Å². The molecule has 1 N–H and O–H groups in total. The van der Waals surface area contributed by atoms with Gasteiger partial charge < -0.3 is 9.84 Å². The molecule has 2 aromatic rings. The van der Waals surface area contributed by atoms with E-state index in [1.165, 1.54) is 0 Å². The maximum atomic E-state index is 9.22. The Morgan fingerprint density at radius 2 is 2.06 bits per heavy atom. The number of pyridine rings is 1. The molecule has 17 heavy (non-hydrogen) atoms. The third-order valence-electron chi connectivity index (χ3n) is 2.34. The fraction of sp³-hybridized carbons (Fsp3) is 0.154. The third kappa shape index (κ3) is 2.96. The highest BCUT2D eigenvalue weighted by molar-refractivity contribution is 6.31. The van der Waals surface area contributed by atoms with Crippen LogP contribution in [0.25, 0.3) is 0 Å². The van der Waals surface area contributed by atoms with E-state index in [0.717, 1.165) is 5.69 Å². The van der Waals surface area contributed by atoms with E-state index >= 15 is 0 Å².